The first-order valence-corrected chi connectivity index (χ1v) is 9.01. The van der Waals surface area contributed by atoms with Gasteiger partial charge >= 0.3 is 0 Å². The Kier molecular flexibility index (Phi) is 5.84. The lowest BCUT2D eigenvalue weighted by Gasteiger charge is -2.09. The molecule has 28 heavy (non-hydrogen) atoms. The van der Waals surface area contributed by atoms with Crippen molar-refractivity contribution >= 4 is 22.7 Å². The van der Waals surface area contributed by atoms with Crippen molar-refractivity contribution in [3.63, 3.8) is 0 Å². The van der Waals surface area contributed by atoms with E-state index < -0.39 is 11.8 Å². The van der Waals surface area contributed by atoms with E-state index in [1.54, 1.807) is 12.1 Å². The number of benzene rings is 2. The third kappa shape index (κ3) is 4.62. The smallest absolute Gasteiger partial charge is 0.286 e. The Balaban J connectivity index is 1.53. The molecular weight excluding hydrogens is 358 g/mol. The van der Waals surface area contributed by atoms with Crippen LogP contribution in [0.25, 0.3) is 10.9 Å². The molecule has 1 aromatic heterocycles. The maximum atomic E-state index is 12.3. The van der Waals surface area contributed by atoms with E-state index in [0.717, 1.165) is 27.8 Å². The number of hydrazine groups is 1. The lowest BCUT2D eigenvalue weighted by atomic mass is 10.1. The van der Waals surface area contributed by atoms with Crippen LogP contribution in [0, 0.1) is 13.8 Å². The Hall–Kier alpha value is -3.48. The summed E-state index contributed by atoms with van der Waals surface area (Å²) in [5.74, 6) is 0.418. The van der Waals surface area contributed by atoms with Gasteiger partial charge in [0.05, 0.1) is 6.61 Å². The minimum atomic E-state index is -0.457. The number of carbonyl (C=O) groups is 2. The Labute approximate surface area is 163 Å². The molecule has 7 nitrogen and oxygen atoms in total. The highest BCUT2D eigenvalue weighted by Gasteiger charge is 2.11. The highest BCUT2D eigenvalue weighted by atomic mass is 16.5. The molecule has 0 spiro atoms. The van der Waals surface area contributed by atoms with Gasteiger partial charge < -0.3 is 14.5 Å². The second-order valence-electron chi connectivity index (χ2n) is 6.40. The minimum Gasteiger partial charge on any atom is -0.494 e. The van der Waals surface area contributed by atoms with Gasteiger partial charge in [0.25, 0.3) is 11.8 Å². The zero-order valence-corrected chi connectivity index (χ0v) is 16.1. The fourth-order valence-corrected chi connectivity index (χ4v) is 2.67. The Morgan fingerprint density at radius 2 is 1.68 bits per heavy atom. The third-order valence-electron chi connectivity index (χ3n) is 4.31. The molecule has 3 aromatic rings. The van der Waals surface area contributed by atoms with E-state index in [4.69, 9.17) is 9.47 Å². The quantitative estimate of drug-likeness (QED) is 0.572. The molecule has 0 bridgehead atoms. The molecule has 0 aliphatic rings. The van der Waals surface area contributed by atoms with E-state index in [1.807, 2.05) is 51.1 Å². The fourth-order valence-electron chi connectivity index (χ4n) is 2.67. The van der Waals surface area contributed by atoms with Crippen molar-refractivity contribution in [2.45, 2.75) is 20.8 Å². The van der Waals surface area contributed by atoms with Gasteiger partial charge in [-0.1, -0.05) is 6.07 Å². The van der Waals surface area contributed by atoms with Crippen LogP contribution < -0.4 is 20.3 Å². The molecule has 0 aliphatic carbocycles. The van der Waals surface area contributed by atoms with Crippen LogP contribution in [0.3, 0.4) is 0 Å². The van der Waals surface area contributed by atoms with Gasteiger partial charge in [0.1, 0.15) is 17.2 Å². The van der Waals surface area contributed by atoms with Crippen molar-refractivity contribution in [3.8, 4) is 11.5 Å². The Morgan fingerprint density at radius 3 is 2.43 bits per heavy atom. The molecule has 0 saturated heterocycles. The fraction of sp³-hybridized carbons (Fsp3) is 0.238. The van der Waals surface area contributed by atoms with E-state index >= 15 is 0 Å². The van der Waals surface area contributed by atoms with Gasteiger partial charge in [-0.25, -0.2) is 0 Å². The summed E-state index contributed by atoms with van der Waals surface area (Å²) in [6.45, 7) is 6.25. The van der Waals surface area contributed by atoms with Gasteiger partial charge in [0.15, 0.2) is 6.61 Å². The number of hydrogen-bond donors (Lipinski definition) is 3. The summed E-state index contributed by atoms with van der Waals surface area (Å²) in [4.78, 5) is 27.2. The maximum Gasteiger partial charge on any atom is 0.286 e. The molecule has 3 N–H and O–H groups in total. The molecule has 0 unspecified atom stereocenters. The van der Waals surface area contributed by atoms with Crippen molar-refractivity contribution in [2.75, 3.05) is 13.2 Å². The number of rotatable bonds is 6. The normalized spacial score (nSPS) is 10.5. The number of H-pyrrole nitrogens is 1. The molecule has 2 aromatic carbocycles. The van der Waals surface area contributed by atoms with Crippen LogP contribution in [0.2, 0.25) is 0 Å². The number of nitrogens with one attached hydrogen (secondary N) is 3. The zero-order valence-electron chi connectivity index (χ0n) is 16.1. The molecule has 7 heteroatoms. The van der Waals surface area contributed by atoms with Crippen molar-refractivity contribution < 1.29 is 19.1 Å². The number of carbonyl (C=O) groups excluding carboxylic acids is 2. The number of hydrogen-bond acceptors (Lipinski definition) is 4. The van der Waals surface area contributed by atoms with Gasteiger partial charge in [-0.3, -0.25) is 20.4 Å². The Morgan fingerprint density at radius 1 is 0.929 bits per heavy atom. The van der Waals surface area contributed by atoms with Gasteiger partial charge in [0, 0.05) is 17.0 Å². The van der Waals surface area contributed by atoms with Crippen LogP contribution in [0.15, 0.2) is 42.5 Å². The lowest BCUT2D eigenvalue weighted by Crippen LogP contribution is -2.43. The van der Waals surface area contributed by atoms with Gasteiger partial charge in [0.2, 0.25) is 0 Å². The first-order valence-electron chi connectivity index (χ1n) is 9.01. The van der Waals surface area contributed by atoms with Crippen molar-refractivity contribution in [1.29, 1.82) is 0 Å². The number of aromatic amines is 1. The van der Waals surface area contributed by atoms with E-state index in [2.05, 4.69) is 15.8 Å². The van der Waals surface area contributed by atoms with E-state index in [9.17, 15) is 9.59 Å². The van der Waals surface area contributed by atoms with Crippen molar-refractivity contribution in [3.05, 3.63) is 59.3 Å². The number of amides is 2. The summed E-state index contributed by atoms with van der Waals surface area (Å²) in [7, 11) is 0. The predicted molar refractivity (Wildman–Crippen MR) is 106 cm³/mol. The molecular formula is C21H23N3O4. The van der Waals surface area contributed by atoms with E-state index in [0.29, 0.717) is 18.1 Å². The van der Waals surface area contributed by atoms with Gasteiger partial charge in [-0.15, -0.1) is 0 Å². The molecule has 0 fully saturated rings. The Bertz CT molecular complexity index is 1010. The van der Waals surface area contributed by atoms with Gasteiger partial charge in [-0.2, -0.15) is 0 Å². The molecule has 3 rings (SSSR count). The molecule has 1 heterocycles. The molecule has 2 amide bonds. The number of aryl methyl sites for hydroxylation is 2. The number of fused-ring (bicyclic) bond motifs is 1. The standard InChI is InChI=1S/C21H23N3O4/c1-4-27-17-8-6-15-10-19(22-18(15)11-17)21(26)24-23-20(25)12-28-16-7-5-13(2)14(3)9-16/h5-11,22H,4,12H2,1-3H3,(H,23,25)(H,24,26). The van der Waals surface area contributed by atoms with E-state index in [-0.39, 0.29) is 6.61 Å². The molecule has 0 saturated carbocycles. The summed E-state index contributed by atoms with van der Waals surface area (Å²) in [6.07, 6.45) is 0. The van der Waals surface area contributed by atoms with E-state index in [1.165, 1.54) is 0 Å². The second kappa shape index (κ2) is 8.47. The van der Waals surface area contributed by atoms with Crippen molar-refractivity contribution in [2.24, 2.45) is 0 Å². The molecule has 0 aliphatic heterocycles. The number of aromatic nitrogens is 1. The summed E-state index contributed by atoms with van der Waals surface area (Å²) in [5, 5.41) is 0.873. The topological polar surface area (TPSA) is 92.5 Å². The SMILES string of the molecule is CCOc1ccc2cc(C(=O)NNC(=O)COc3ccc(C)c(C)c3)[nH]c2c1. The summed E-state index contributed by atoms with van der Waals surface area (Å²) in [5.41, 5.74) is 8.06. The minimum absolute atomic E-state index is 0.201. The van der Waals surface area contributed by atoms with Crippen LogP contribution in [0.5, 0.6) is 11.5 Å². The molecule has 146 valence electrons. The average molecular weight is 381 g/mol. The highest BCUT2D eigenvalue weighted by Crippen LogP contribution is 2.21. The second-order valence-corrected chi connectivity index (χ2v) is 6.40. The van der Waals surface area contributed by atoms with Crippen LogP contribution in [0.1, 0.15) is 28.5 Å². The van der Waals surface area contributed by atoms with Gasteiger partial charge in [-0.05, 0) is 62.2 Å². The molecule has 0 radical (unpaired) electrons. The lowest BCUT2D eigenvalue weighted by molar-refractivity contribution is -0.123. The third-order valence-corrected chi connectivity index (χ3v) is 4.31. The summed E-state index contributed by atoms with van der Waals surface area (Å²) < 4.78 is 10.9. The highest BCUT2D eigenvalue weighted by molar-refractivity contribution is 5.99. The van der Waals surface area contributed by atoms with Crippen LogP contribution in [-0.4, -0.2) is 30.0 Å². The average Bonchev–Trinajstić information content (AvgIpc) is 3.11. The largest absolute Gasteiger partial charge is 0.494 e. The summed E-state index contributed by atoms with van der Waals surface area (Å²) in [6, 6.07) is 12.8. The zero-order chi connectivity index (χ0) is 20.1. The van der Waals surface area contributed by atoms with Crippen LogP contribution in [0.4, 0.5) is 0 Å². The van der Waals surface area contributed by atoms with Crippen LogP contribution >= 0.6 is 0 Å². The first-order chi connectivity index (χ1) is 13.5. The summed E-state index contributed by atoms with van der Waals surface area (Å²) >= 11 is 0. The number of ether oxygens (including phenoxy) is 2. The molecule has 0 atom stereocenters. The maximum absolute atomic E-state index is 12.3. The van der Waals surface area contributed by atoms with Crippen molar-refractivity contribution in [1.82, 2.24) is 15.8 Å². The van der Waals surface area contributed by atoms with Crippen LogP contribution in [-0.2, 0) is 4.79 Å². The predicted octanol–water partition coefficient (Wildman–Crippen LogP) is 3.02. The first kappa shape index (κ1) is 19.3. The monoisotopic (exact) mass is 381 g/mol.